The molecule has 1 fully saturated rings. The van der Waals surface area contributed by atoms with Gasteiger partial charge in [0, 0.05) is 42.0 Å². The first kappa shape index (κ1) is 24.3. The molecule has 4 aromatic rings. The van der Waals surface area contributed by atoms with Crippen LogP contribution >= 0.6 is 15.9 Å². The lowest BCUT2D eigenvalue weighted by Crippen LogP contribution is -2.48. The molecule has 0 bridgehead atoms. The number of H-pyrrole nitrogens is 2. The molecule has 12 nitrogen and oxygen atoms in total. The van der Waals surface area contributed by atoms with E-state index in [2.05, 4.69) is 51.4 Å². The predicted molar refractivity (Wildman–Crippen MR) is 141 cm³/mol. The number of benzene rings is 2. The highest BCUT2D eigenvalue weighted by molar-refractivity contribution is 9.10. The molecule has 0 spiro atoms. The molecule has 0 unspecified atom stereocenters. The molecule has 1 aliphatic heterocycles. The van der Waals surface area contributed by atoms with Crippen LogP contribution in [0.15, 0.2) is 47.2 Å². The van der Waals surface area contributed by atoms with Crippen LogP contribution < -0.4 is 15.5 Å². The Morgan fingerprint density at radius 1 is 1.03 bits per heavy atom. The minimum atomic E-state index is -0.912. The summed E-state index contributed by atoms with van der Waals surface area (Å²) in [7, 11) is 0. The van der Waals surface area contributed by atoms with Crippen LogP contribution in [0.4, 0.5) is 22.1 Å². The minimum Gasteiger partial charge on any atom is -0.465 e. The summed E-state index contributed by atoms with van der Waals surface area (Å²) in [6.45, 7) is 3.89. The zero-order valence-corrected chi connectivity index (χ0v) is 21.3. The zero-order chi connectivity index (χ0) is 26.1. The molecule has 1 aliphatic rings. The number of imidazole rings is 2. The van der Waals surface area contributed by atoms with E-state index in [4.69, 9.17) is 5.11 Å². The number of nitrogens with one attached hydrogen (secondary N) is 4. The fourth-order valence-corrected chi connectivity index (χ4v) is 4.49. The SMILES string of the molecule is Cc1ccc(Br)cc1NC(=O)c1nc[nH]c1C(=O)Nc1nc2ccc(N3CCN(C(=O)O)CC3)cc2[nH]1. The summed E-state index contributed by atoms with van der Waals surface area (Å²) < 4.78 is 0.809. The van der Waals surface area contributed by atoms with E-state index in [1.54, 1.807) is 6.07 Å². The summed E-state index contributed by atoms with van der Waals surface area (Å²) >= 11 is 3.39. The second kappa shape index (κ2) is 9.93. The number of halogens is 1. The van der Waals surface area contributed by atoms with E-state index in [9.17, 15) is 14.4 Å². The van der Waals surface area contributed by atoms with Gasteiger partial charge in [-0.05, 0) is 42.8 Å². The Hall–Kier alpha value is -4.39. The van der Waals surface area contributed by atoms with Gasteiger partial charge in [0.2, 0.25) is 5.95 Å². The number of fused-ring (bicyclic) bond motifs is 1. The van der Waals surface area contributed by atoms with Crippen LogP contribution in [-0.4, -0.2) is 74.0 Å². The van der Waals surface area contributed by atoms with Gasteiger partial charge in [-0.15, -0.1) is 0 Å². The summed E-state index contributed by atoms with van der Waals surface area (Å²) in [5.74, 6) is -0.876. The molecule has 5 rings (SSSR count). The Labute approximate surface area is 219 Å². The van der Waals surface area contributed by atoms with E-state index >= 15 is 0 Å². The van der Waals surface area contributed by atoms with Crippen molar-refractivity contribution in [1.29, 1.82) is 0 Å². The van der Waals surface area contributed by atoms with Gasteiger partial charge in [-0.1, -0.05) is 22.0 Å². The third kappa shape index (κ3) is 5.11. The van der Waals surface area contributed by atoms with E-state index in [0.29, 0.717) is 42.9 Å². The number of carboxylic acid groups (broad SMARTS) is 1. The second-order valence-electron chi connectivity index (χ2n) is 8.54. The van der Waals surface area contributed by atoms with E-state index in [0.717, 1.165) is 15.7 Å². The third-order valence-corrected chi connectivity index (χ3v) is 6.64. The summed E-state index contributed by atoms with van der Waals surface area (Å²) in [4.78, 5) is 54.7. The maximum Gasteiger partial charge on any atom is 0.407 e. The Kier molecular flexibility index (Phi) is 6.53. The molecule has 0 radical (unpaired) electrons. The number of anilines is 3. The van der Waals surface area contributed by atoms with Crippen molar-refractivity contribution in [3.8, 4) is 0 Å². The number of hydrogen-bond donors (Lipinski definition) is 5. The van der Waals surface area contributed by atoms with Gasteiger partial charge in [-0.25, -0.2) is 14.8 Å². The van der Waals surface area contributed by atoms with E-state index < -0.39 is 17.9 Å². The lowest BCUT2D eigenvalue weighted by atomic mass is 10.2. The molecular weight excluding hydrogens is 544 g/mol. The highest BCUT2D eigenvalue weighted by Gasteiger charge is 2.23. The largest absolute Gasteiger partial charge is 0.465 e. The number of rotatable bonds is 5. The molecule has 3 amide bonds. The number of piperazine rings is 1. The topological polar surface area (TPSA) is 159 Å². The number of aromatic nitrogens is 4. The van der Waals surface area contributed by atoms with E-state index in [1.807, 2.05) is 37.3 Å². The highest BCUT2D eigenvalue weighted by Crippen LogP contribution is 2.24. The molecule has 3 heterocycles. The highest BCUT2D eigenvalue weighted by atomic mass is 79.9. The number of hydrogen-bond acceptors (Lipinski definition) is 6. The molecule has 190 valence electrons. The van der Waals surface area contributed by atoms with Crippen LogP contribution in [0.1, 0.15) is 26.5 Å². The zero-order valence-electron chi connectivity index (χ0n) is 19.7. The normalized spacial score (nSPS) is 13.6. The average Bonchev–Trinajstić information content (AvgIpc) is 3.53. The van der Waals surface area contributed by atoms with Crippen molar-refractivity contribution in [2.75, 3.05) is 41.7 Å². The predicted octanol–water partition coefficient (Wildman–Crippen LogP) is 3.66. The van der Waals surface area contributed by atoms with Gasteiger partial charge in [0.25, 0.3) is 11.8 Å². The second-order valence-corrected chi connectivity index (χ2v) is 9.45. The average molecular weight is 567 g/mol. The van der Waals surface area contributed by atoms with Gasteiger partial charge in [-0.2, -0.15) is 0 Å². The first-order chi connectivity index (χ1) is 17.8. The summed E-state index contributed by atoms with van der Waals surface area (Å²) in [5.41, 5.74) is 3.71. The first-order valence-corrected chi connectivity index (χ1v) is 12.2. The van der Waals surface area contributed by atoms with Crippen LogP contribution in [0.25, 0.3) is 11.0 Å². The van der Waals surface area contributed by atoms with Crippen LogP contribution in [0.3, 0.4) is 0 Å². The van der Waals surface area contributed by atoms with Gasteiger partial charge in [0.15, 0.2) is 5.69 Å². The third-order valence-electron chi connectivity index (χ3n) is 6.14. The summed E-state index contributed by atoms with van der Waals surface area (Å²) in [6, 6.07) is 11.1. The smallest absolute Gasteiger partial charge is 0.407 e. The molecule has 13 heteroatoms. The molecule has 2 aromatic carbocycles. The number of aromatic amines is 2. The standard InChI is InChI=1S/C24H23BrN8O4/c1-13-2-3-14(25)10-17(13)28-21(34)19-20(27-12-26-19)22(35)31-23-29-16-5-4-15(11-18(16)30-23)32-6-8-33(9-7-32)24(36)37/h2-5,10-12H,6-9H2,1H3,(H,26,27)(H,28,34)(H,36,37)(H2,29,30,31,35). The lowest BCUT2D eigenvalue weighted by molar-refractivity contribution is 0.0985. The molecule has 2 aromatic heterocycles. The Balaban J connectivity index is 1.29. The Morgan fingerprint density at radius 3 is 2.57 bits per heavy atom. The van der Waals surface area contributed by atoms with Gasteiger partial charge in [-0.3, -0.25) is 14.9 Å². The number of amides is 3. The van der Waals surface area contributed by atoms with Crippen molar-refractivity contribution >= 4 is 62.2 Å². The van der Waals surface area contributed by atoms with Crippen molar-refractivity contribution < 1.29 is 19.5 Å². The van der Waals surface area contributed by atoms with Crippen LogP contribution in [0, 0.1) is 6.92 Å². The van der Waals surface area contributed by atoms with Gasteiger partial charge in [0.05, 0.1) is 17.4 Å². The summed E-state index contributed by atoms with van der Waals surface area (Å²) in [6.07, 6.45) is 0.372. The van der Waals surface area contributed by atoms with Gasteiger partial charge < -0.3 is 30.2 Å². The first-order valence-electron chi connectivity index (χ1n) is 11.4. The number of carbonyl (C=O) groups is 3. The Bertz CT molecular complexity index is 1510. The minimum absolute atomic E-state index is 0.00240. The Morgan fingerprint density at radius 2 is 1.81 bits per heavy atom. The molecular formula is C24H23BrN8O4. The van der Waals surface area contributed by atoms with Crippen LogP contribution in [0.5, 0.6) is 0 Å². The number of nitrogens with zero attached hydrogens (tertiary/aromatic N) is 4. The molecule has 1 saturated heterocycles. The van der Waals surface area contributed by atoms with Crippen molar-refractivity contribution in [3.05, 3.63) is 64.1 Å². The number of aryl methyl sites for hydroxylation is 1. The lowest BCUT2D eigenvalue weighted by Gasteiger charge is -2.34. The molecule has 0 atom stereocenters. The number of carbonyl (C=O) groups excluding carboxylic acids is 2. The van der Waals surface area contributed by atoms with Gasteiger partial charge >= 0.3 is 6.09 Å². The van der Waals surface area contributed by atoms with Crippen LogP contribution in [-0.2, 0) is 0 Å². The van der Waals surface area contributed by atoms with Crippen LogP contribution in [0.2, 0.25) is 0 Å². The summed E-state index contributed by atoms with van der Waals surface area (Å²) in [5, 5.41) is 14.6. The fourth-order valence-electron chi connectivity index (χ4n) is 4.13. The maximum absolute atomic E-state index is 13.0. The van der Waals surface area contributed by atoms with E-state index in [-0.39, 0.29) is 17.3 Å². The van der Waals surface area contributed by atoms with Gasteiger partial charge in [0.1, 0.15) is 5.69 Å². The van der Waals surface area contributed by atoms with E-state index in [1.165, 1.54) is 11.2 Å². The van der Waals surface area contributed by atoms with Crippen molar-refractivity contribution in [2.24, 2.45) is 0 Å². The van der Waals surface area contributed by atoms with Crippen molar-refractivity contribution in [1.82, 2.24) is 24.8 Å². The fraction of sp³-hybridized carbons (Fsp3) is 0.208. The quantitative estimate of drug-likeness (QED) is 0.246. The maximum atomic E-state index is 13.0. The molecule has 37 heavy (non-hydrogen) atoms. The monoisotopic (exact) mass is 566 g/mol. The van der Waals surface area contributed by atoms with Crippen molar-refractivity contribution in [2.45, 2.75) is 6.92 Å². The van der Waals surface area contributed by atoms with Crippen molar-refractivity contribution in [3.63, 3.8) is 0 Å². The molecule has 5 N–H and O–H groups in total. The molecule has 0 aliphatic carbocycles. The molecule has 0 saturated carbocycles.